The number of anilines is 1. The topological polar surface area (TPSA) is 59.6 Å². The zero-order valence-electron chi connectivity index (χ0n) is 15.2. The molecule has 0 saturated carbocycles. The monoisotopic (exact) mass is 372 g/mol. The maximum Gasteiger partial charge on any atom is 0.319 e. The number of carbonyl (C=O) groups is 1. The summed E-state index contributed by atoms with van der Waals surface area (Å²) >= 11 is 0. The number of halogens is 1. The molecule has 1 aliphatic rings. The fourth-order valence-electron chi connectivity index (χ4n) is 2.95. The first-order chi connectivity index (χ1) is 13.2. The second-order valence-corrected chi connectivity index (χ2v) is 6.64. The van der Waals surface area contributed by atoms with Crippen molar-refractivity contribution in [3.8, 4) is 0 Å². The molecule has 144 valence electrons. The Labute approximate surface area is 158 Å². The Bertz CT molecular complexity index is 730. The van der Waals surface area contributed by atoms with Crippen molar-refractivity contribution in [2.24, 2.45) is 0 Å². The number of hydrogen-bond acceptors (Lipinski definition) is 3. The maximum absolute atomic E-state index is 12.9. The van der Waals surface area contributed by atoms with Crippen molar-refractivity contribution in [1.29, 1.82) is 0 Å². The lowest BCUT2D eigenvalue weighted by molar-refractivity contribution is -0.0447. The quantitative estimate of drug-likeness (QED) is 0.765. The minimum Gasteiger partial charge on any atom is -0.376 e. The molecule has 2 aromatic carbocycles. The molecule has 1 unspecified atom stereocenters. The van der Waals surface area contributed by atoms with Crippen LogP contribution in [0, 0.1) is 5.82 Å². The van der Waals surface area contributed by atoms with Gasteiger partial charge in [-0.2, -0.15) is 0 Å². The lowest BCUT2D eigenvalue weighted by atomic mass is 10.1. The third kappa shape index (κ3) is 6.66. The minimum absolute atomic E-state index is 0.192. The van der Waals surface area contributed by atoms with Gasteiger partial charge in [-0.3, -0.25) is 0 Å². The van der Waals surface area contributed by atoms with Gasteiger partial charge in [0.2, 0.25) is 0 Å². The first-order valence-electron chi connectivity index (χ1n) is 9.26. The number of hydrogen-bond donors (Lipinski definition) is 2. The summed E-state index contributed by atoms with van der Waals surface area (Å²) in [7, 11) is 0. The van der Waals surface area contributed by atoms with E-state index in [-0.39, 0.29) is 18.0 Å². The molecule has 2 N–H and O–H groups in total. The lowest BCUT2D eigenvalue weighted by Gasteiger charge is -2.22. The highest BCUT2D eigenvalue weighted by Gasteiger charge is 2.13. The molecule has 1 fully saturated rings. The predicted molar refractivity (Wildman–Crippen MR) is 102 cm³/mol. The molecule has 3 rings (SSSR count). The number of nitrogens with one attached hydrogen (secondary N) is 2. The van der Waals surface area contributed by atoms with E-state index in [9.17, 15) is 9.18 Å². The van der Waals surface area contributed by atoms with Gasteiger partial charge < -0.3 is 20.1 Å². The molecule has 5 nitrogen and oxygen atoms in total. The average molecular weight is 372 g/mol. The highest BCUT2D eigenvalue weighted by molar-refractivity contribution is 5.89. The van der Waals surface area contributed by atoms with Crippen LogP contribution in [0.3, 0.4) is 0 Å². The van der Waals surface area contributed by atoms with E-state index in [1.165, 1.54) is 18.6 Å². The Balaban J connectivity index is 1.42. The van der Waals surface area contributed by atoms with Crippen LogP contribution in [0.1, 0.15) is 30.4 Å². The van der Waals surface area contributed by atoms with Crippen LogP contribution < -0.4 is 10.6 Å². The lowest BCUT2D eigenvalue weighted by Crippen LogP contribution is -2.28. The van der Waals surface area contributed by atoms with E-state index in [4.69, 9.17) is 9.47 Å². The van der Waals surface area contributed by atoms with Gasteiger partial charge in [-0.1, -0.05) is 24.3 Å². The van der Waals surface area contributed by atoms with Crippen LogP contribution in [-0.2, 0) is 22.6 Å². The normalized spacial score (nSPS) is 16.7. The van der Waals surface area contributed by atoms with Crippen molar-refractivity contribution in [2.75, 3.05) is 18.5 Å². The summed E-state index contributed by atoms with van der Waals surface area (Å²) in [4.78, 5) is 12.0. The molecule has 2 aromatic rings. The van der Waals surface area contributed by atoms with Gasteiger partial charge in [0.05, 0.1) is 19.3 Å². The van der Waals surface area contributed by atoms with Crippen molar-refractivity contribution >= 4 is 11.7 Å². The first kappa shape index (κ1) is 19.3. The standard InChI is InChI=1S/C21H25FN2O3/c22-18-9-7-16(8-10-18)13-23-21(25)24-19-5-3-4-17(12-19)14-26-15-20-6-1-2-11-27-20/h3-5,7-10,12,20H,1-2,6,11,13-15H2,(H2,23,24,25). The average Bonchev–Trinajstić information content (AvgIpc) is 2.69. The zero-order chi connectivity index (χ0) is 18.9. The molecule has 0 aliphatic carbocycles. The minimum atomic E-state index is -0.312. The van der Waals surface area contributed by atoms with Crippen molar-refractivity contribution < 1.29 is 18.7 Å². The van der Waals surface area contributed by atoms with Crippen LogP contribution in [0.5, 0.6) is 0 Å². The molecular weight excluding hydrogens is 347 g/mol. The van der Waals surface area contributed by atoms with Gasteiger partial charge in [0.1, 0.15) is 5.82 Å². The van der Waals surface area contributed by atoms with Gasteiger partial charge in [0.25, 0.3) is 0 Å². The SMILES string of the molecule is O=C(NCc1ccc(F)cc1)Nc1cccc(COCC2CCCCO2)c1. The number of rotatable bonds is 7. The molecule has 27 heavy (non-hydrogen) atoms. The second-order valence-electron chi connectivity index (χ2n) is 6.64. The fraction of sp³-hybridized carbons (Fsp3) is 0.381. The van der Waals surface area contributed by atoms with E-state index in [1.54, 1.807) is 12.1 Å². The van der Waals surface area contributed by atoms with Crippen LogP contribution in [0.4, 0.5) is 14.9 Å². The van der Waals surface area contributed by atoms with Crippen molar-refractivity contribution in [1.82, 2.24) is 5.32 Å². The molecule has 1 saturated heterocycles. The van der Waals surface area contributed by atoms with Crippen LogP contribution in [0.2, 0.25) is 0 Å². The van der Waals surface area contributed by atoms with Crippen LogP contribution in [0.15, 0.2) is 48.5 Å². The molecule has 0 radical (unpaired) electrons. The highest BCUT2D eigenvalue weighted by atomic mass is 19.1. The van der Waals surface area contributed by atoms with Gasteiger partial charge in [0, 0.05) is 18.8 Å². The zero-order valence-corrected chi connectivity index (χ0v) is 15.2. The number of benzene rings is 2. The smallest absolute Gasteiger partial charge is 0.319 e. The van der Waals surface area contributed by atoms with E-state index in [2.05, 4.69) is 10.6 Å². The number of amides is 2. The van der Waals surface area contributed by atoms with Gasteiger partial charge in [-0.05, 0) is 54.7 Å². The van der Waals surface area contributed by atoms with E-state index < -0.39 is 0 Å². The van der Waals surface area contributed by atoms with Crippen molar-refractivity contribution in [2.45, 2.75) is 38.5 Å². The maximum atomic E-state index is 12.9. The van der Waals surface area contributed by atoms with E-state index >= 15 is 0 Å². The number of carbonyl (C=O) groups excluding carboxylic acids is 1. The summed E-state index contributed by atoms with van der Waals surface area (Å²) < 4.78 is 24.3. The molecule has 6 heteroatoms. The Kier molecular flexibility index (Phi) is 7.19. The van der Waals surface area contributed by atoms with Gasteiger partial charge >= 0.3 is 6.03 Å². The van der Waals surface area contributed by atoms with Gasteiger partial charge in [-0.15, -0.1) is 0 Å². The molecule has 0 spiro atoms. The molecular formula is C21H25FN2O3. The van der Waals surface area contributed by atoms with Gasteiger partial charge in [0.15, 0.2) is 0 Å². The Morgan fingerprint density at radius 1 is 1.15 bits per heavy atom. The fourth-order valence-corrected chi connectivity index (χ4v) is 2.95. The van der Waals surface area contributed by atoms with E-state index in [1.807, 2.05) is 24.3 Å². The van der Waals surface area contributed by atoms with Crippen LogP contribution in [-0.4, -0.2) is 25.3 Å². The van der Waals surface area contributed by atoms with Gasteiger partial charge in [-0.25, -0.2) is 9.18 Å². The molecule has 1 aliphatic heterocycles. The number of urea groups is 1. The largest absolute Gasteiger partial charge is 0.376 e. The Morgan fingerprint density at radius 3 is 2.78 bits per heavy atom. The van der Waals surface area contributed by atoms with E-state index in [0.29, 0.717) is 25.4 Å². The Hall–Kier alpha value is -2.44. The van der Waals surface area contributed by atoms with Crippen LogP contribution in [0.25, 0.3) is 0 Å². The van der Waals surface area contributed by atoms with Crippen molar-refractivity contribution in [3.63, 3.8) is 0 Å². The van der Waals surface area contributed by atoms with E-state index in [0.717, 1.165) is 30.6 Å². The molecule has 1 atom stereocenters. The van der Waals surface area contributed by atoms with Crippen LogP contribution >= 0.6 is 0 Å². The second kappa shape index (κ2) is 10.0. The van der Waals surface area contributed by atoms with Crippen molar-refractivity contribution in [3.05, 3.63) is 65.5 Å². The molecule has 0 bridgehead atoms. The molecule has 0 aromatic heterocycles. The summed E-state index contributed by atoms with van der Waals surface area (Å²) in [5, 5.41) is 5.55. The highest BCUT2D eigenvalue weighted by Crippen LogP contribution is 2.15. The predicted octanol–water partition coefficient (Wildman–Crippen LogP) is 4.23. The summed E-state index contributed by atoms with van der Waals surface area (Å²) in [6, 6.07) is 13.3. The third-order valence-electron chi connectivity index (χ3n) is 4.40. The molecule has 1 heterocycles. The summed E-state index contributed by atoms with van der Waals surface area (Å²) in [6.07, 6.45) is 3.57. The Morgan fingerprint density at radius 2 is 2.00 bits per heavy atom. The summed E-state index contributed by atoms with van der Waals surface area (Å²) in [6.45, 7) is 2.22. The third-order valence-corrected chi connectivity index (χ3v) is 4.40. The molecule has 2 amide bonds. The summed E-state index contributed by atoms with van der Waals surface area (Å²) in [5.74, 6) is -0.294. The number of ether oxygens (including phenoxy) is 2. The first-order valence-corrected chi connectivity index (χ1v) is 9.26. The summed E-state index contributed by atoms with van der Waals surface area (Å²) in [5.41, 5.74) is 2.52.